The second-order valence-corrected chi connectivity index (χ2v) is 4.69. The van der Waals surface area contributed by atoms with Gasteiger partial charge in [-0.05, 0) is 6.07 Å². The highest BCUT2D eigenvalue weighted by Gasteiger charge is 2.29. The van der Waals surface area contributed by atoms with Crippen LogP contribution in [0.5, 0.6) is 0 Å². The van der Waals surface area contributed by atoms with Gasteiger partial charge in [-0.15, -0.1) is 0 Å². The molecule has 20 heavy (non-hydrogen) atoms. The first kappa shape index (κ1) is 14.3. The quantitative estimate of drug-likeness (QED) is 0.821. The Morgan fingerprint density at radius 3 is 2.90 bits per heavy atom. The molecule has 1 unspecified atom stereocenters. The largest absolute Gasteiger partial charge is 0.481 e. The number of carboxylic acid groups (broad SMARTS) is 1. The minimum absolute atomic E-state index is 0.170. The maximum Gasteiger partial charge on any atom is 0.305 e. The van der Waals surface area contributed by atoms with Crippen LogP contribution in [-0.2, 0) is 16.6 Å². The topological polar surface area (TPSA) is 88.8 Å². The molecule has 0 aliphatic carbocycles. The summed E-state index contributed by atoms with van der Waals surface area (Å²) in [7, 11) is 1.60. The van der Waals surface area contributed by atoms with E-state index in [4.69, 9.17) is 9.84 Å². The summed E-state index contributed by atoms with van der Waals surface area (Å²) >= 11 is 0. The van der Waals surface area contributed by atoms with Gasteiger partial charge in [0.2, 0.25) is 0 Å². The number of hydrogen-bond donors (Lipinski definition) is 1. The summed E-state index contributed by atoms with van der Waals surface area (Å²) in [5.74, 6) is -1.32. The van der Waals surface area contributed by atoms with E-state index in [1.165, 1.54) is 21.7 Å². The van der Waals surface area contributed by atoms with Crippen molar-refractivity contribution in [3.63, 3.8) is 0 Å². The Morgan fingerprint density at radius 1 is 1.50 bits per heavy atom. The number of aromatic nitrogens is 1. The number of pyridine rings is 1. The van der Waals surface area contributed by atoms with Crippen molar-refractivity contribution in [2.75, 3.05) is 19.8 Å². The lowest BCUT2D eigenvalue weighted by Gasteiger charge is -2.34. The standard InChI is InChI=1S/C13H16N2O5/c1-14-3-2-9(6-11(14)16)13(19)15-4-5-20-8-10(15)7-12(17)18/h2-3,6,10H,4-5,7-8H2,1H3,(H,17,18). The zero-order chi connectivity index (χ0) is 14.7. The first-order valence-corrected chi connectivity index (χ1v) is 6.26. The van der Waals surface area contributed by atoms with Gasteiger partial charge in [0.1, 0.15) is 0 Å². The molecule has 7 heteroatoms. The molecule has 1 aliphatic heterocycles. The van der Waals surface area contributed by atoms with E-state index in [1.807, 2.05) is 0 Å². The Kier molecular flexibility index (Phi) is 4.19. The van der Waals surface area contributed by atoms with Crippen LogP contribution in [0.25, 0.3) is 0 Å². The second kappa shape index (κ2) is 5.87. The summed E-state index contributed by atoms with van der Waals surface area (Å²) in [6.45, 7) is 0.890. The Morgan fingerprint density at radius 2 is 2.25 bits per heavy atom. The molecule has 1 aromatic rings. The van der Waals surface area contributed by atoms with E-state index in [-0.39, 0.29) is 30.1 Å². The van der Waals surface area contributed by atoms with Crippen molar-refractivity contribution < 1.29 is 19.4 Å². The first-order chi connectivity index (χ1) is 9.49. The summed E-state index contributed by atoms with van der Waals surface area (Å²) in [6, 6.07) is 2.31. The third kappa shape index (κ3) is 3.05. The van der Waals surface area contributed by atoms with Gasteiger partial charge in [-0.2, -0.15) is 0 Å². The molecule has 7 nitrogen and oxygen atoms in total. The van der Waals surface area contributed by atoms with Crippen molar-refractivity contribution >= 4 is 11.9 Å². The van der Waals surface area contributed by atoms with Crippen molar-refractivity contribution in [2.24, 2.45) is 7.05 Å². The highest BCUT2D eigenvalue weighted by molar-refractivity contribution is 5.94. The molecular formula is C13H16N2O5. The number of aliphatic carboxylic acids is 1. The number of carbonyl (C=O) groups excluding carboxylic acids is 1. The molecule has 1 fully saturated rings. The van der Waals surface area contributed by atoms with Crippen LogP contribution in [-0.4, -0.2) is 52.3 Å². The first-order valence-electron chi connectivity index (χ1n) is 6.26. The fourth-order valence-electron chi connectivity index (χ4n) is 2.14. The van der Waals surface area contributed by atoms with Gasteiger partial charge in [-0.1, -0.05) is 0 Å². The van der Waals surface area contributed by atoms with Crippen LogP contribution in [0.2, 0.25) is 0 Å². The molecule has 108 valence electrons. The number of carbonyl (C=O) groups is 2. The molecular weight excluding hydrogens is 264 g/mol. The normalized spacial score (nSPS) is 18.9. The summed E-state index contributed by atoms with van der Waals surface area (Å²) in [4.78, 5) is 36.2. The zero-order valence-corrected chi connectivity index (χ0v) is 11.1. The molecule has 2 heterocycles. The number of ether oxygens (including phenoxy) is 1. The van der Waals surface area contributed by atoms with Crippen LogP contribution < -0.4 is 5.56 Å². The smallest absolute Gasteiger partial charge is 0.305 e. The summed E-state index contributed by atoms with van der Waals surface area (Å²) < 4.78 is 6.58. The lowest BCUT2D eigenvalue weighted by molar-refractivity contribution is -0.139. The number of nitrogens with zero attached hydrogens (tertiary/aromatic N) is 2. The van der Waals surface area contributed by atoms with Crippen molar-refractivity contribution in [3.05, 3.63) is 34.2 Å². The van der Waals surface area contributed by atoms with Gasteiger partial charge >= 0.3 is 5.97 Å². The van der Waals surface area contributed by atoms with Crippen LogP contribution in [0.3, 0.4) is 0 Å². The Balaban J connectivity index is 2.22. The van der Waals surface area contributed by atoms with Crippen molar-refractivity contribution in [2.45, 2.75) is 12.5 Å². The molecule has 1 N–H and O–H groups in total. The Hall–Kier alpha value is -2.15. The third-order valence-corrected chi connectivity index (χ3v) is 3.25. The lowest BCUT2D eigenvalue weighted by Crippen LogP contribution is -2.49. The van der Waals surface area contributed by atoms with E-state index in [2.05, 4.69) is 0 Å². The third-order valence-electron chi connectivity index (χ3n) is 3.25. The fraction of sp³-hybridized carbons (Fsp3) is 0.462. The van der Waals surface area contributed by atoms with Crippen LogP contribution in [0.15, 0.2) is 23.1 Å². The van der Waals surface area contributed by atoms with E-state index < -0.39 is 12.0 Å². The minimum Gasteiger partial charge on any atom is -0.481 e. The molecule has 0 aromatic carbocycles. The van der Waals surface area contributed by atoms with Crippen LogP contribution >= 0.6 is 0 Å². The molecule has 1 amide bonds. The van der Waals surface area contributed by atoms with Crippen LogP contribution in [0, 0.1) is 0 Å². The molecule has 1 atom stereocenters. The minimum atomic E-state index is -0.984. The fourth-order valence-corrected chi connectivity index (χ4v) is 2.14. The lowest BCUT2D eigenvalue weighted by atomic mass is 10.1. The van der Waals surface area contributed by atoms with Gasteiger partial charge in [0.25, 0.3) is 11.5 Å². The molecule has 0 saturated carbocycles. The molecule has 0 radical (unpaired) electrons. The van der Waals surface area contributed by atoms with Crippen LogP contribution in [0.4, 0.5) is 0 Å². The van der Waals surface area contributed by atoms with E-state index in [1.54, 1.807) is 13.1 Å². The molecule has 0 spiro atoms. The number of amides is 1. The maximum absolute atomic E-state index is 12.4. The predicted octanol–water partition coefficient (Wildman–Crippen LogP) is -0.299. The highest BCUT2D eigenvalue weighted by Crippen LogP contribution is 2.14. The van der Waals surface area contributed by atoms with Gasteiger partial charge in [-0.25, -0.2) is 0 Å². The predicted molar refractivity (Wildman–Crippen MR) is 69.6 cm³/mol. The maximum atomic E-state index is 12.4. The number of hydrogen-bond acceptors (Lipinski definition) is 4. The number of rotatable bonds is 3. The second-order valence-electron chi connectivity index (χ2n) is 4.69. The average molecular weight is 280 g/mol. The zero-order valence-electron chi connectivity index (χ0n) is 11.1. The number of aryl methyl sites for hydroxylation is 1. The van der Waals surface area contributed by atoms with Crippen molar-refractivity contribution in [1.29, 1.82) is 0 Å². The van der Waals surface area contributed by atoms with Crippen LogP contribution in [0.1, 0.15) is 16.8 Å². The van der Waals surface area contributed by atoms with E-state index in [0.29, 0.717) is 13.2 Å². The summed E-state index contributed by atoms with van der Waals surface area (Å²) in [5, 5.41) is 8.87. The Bertz CT molecular complexity index is 580. The van der Waals surface area contributed by atoms with Gasteiger partial charge in [-0.3, -0.25) is 14.4 Å². The van der Waals surface area contributed by atoms with Gasteiger partial charge < -0.3 is 19.3 Å². The van der Waals surface area contributed by atoms with Gasteiger partial charge in [0.05, 0.1) is 25.7 Å². The molecule has 2 rings (SSSR count). The van der Waals surface area contributed by atoms with E-state index >= 15 is 0 Å². The van der Waals surface area contributed by atoms with Gasteiger partial charge in [0.15, 0.2) is 0 Å². The number of carboxylic acids is 1. The molecule has 1 saturated heterocycles. The molecule has 1 aliphatic rings. The van der Waals surface area contributed by atoms with Crippen molar-refractivity contribution in [3.8, 4) is 0 Å². The van der Waals surface area contributed by atoms with Gasteiger partial charge in [0, 0.05) is 31.4 Å². The summed E-state index contributed by atoms with van der Waals surface area (Å²) in [6.07, 6.45) is 1.35. The van der Waals surface area contributed by atoms with E-state index in [9.17, 15) is 14.4 Å². The highest BCUT2D eigenvalue weighted by atomic mass is 16.5. The molecule has 0 bridgehead atoms. The monoisotopic (exact) mass is 280 g/mol. The van der Waals surface area contributed by atoms with Crippen molar-refractivity contribution in [1.82, 2.24) is 9.47 Å². The Labute approximate surface area is 115 Å². The SMILES string of the molecule is Cn1ccc(C(=O)N2CCOCC2CC(=O)O)cc1=O. The molecule has 1 aromatic heterocycles. The van der Waals surface area contributed by atoms with E-state index in [0.717, 1.165) is 0 Å². The average Bonchev–Trinajstić information content (AvgIpc) is 2.41. The number of morpholine rings is 1. The summed E-state index contributed by atoms with van der Waals surface area (Å²) in [5.41, 5.74) is -0.00992.